The molecule has 0 aliphatic rings. The first-order valence-corrected chi connectivity index (χ1v) is 9.52. The Hall–Kier alpha value is -3.20. The first-order valence-electron chi connectivity index (χ1n) is 8.03. The summed E-state index contributed by atoms with van der Waals surface area (Å²) in [7, 11) is 1.42. The van der Waals surface area contributed by atoms with Crippen LogP contribution in [0.1, 0.15) is 5.56 Å². The molecule has 2 aromatic rings. The number of nitrogens with one attached hydrogen (secondary N) is 1. The van der Waals surface area contributed by atoms with Crippen LogP contribution in [0.2, 0.25) is 0 Å². The van der Waals surface area contributed by atoms with Gasteiger partial charge in [0.2, 0.25) is 0 Å². The molecule has 0 atom stereocenters. The number of anilines is 1. The fourth-order valence-corrected chi connectivity index (χ4v) is 3.64. The Balaban J connectivity index is 2.53. The zero-order valence-corrected chi connectivity index (χ0v) is 16.7. The molecule has 0 heterocycles. The number of methoxy groups -OCH3 is 4. The molecule has 1 N–H and O–H groups in total. The van der Waals surface area contributed by atoms with Crippen LogP contribution in [0.4, 0.5) is 5.69 Å². The maximum atomic E-state index is 13.0. The van der Waals surface area contributed by atoms with Gasteiger partial charge in [-0.3, -0.25) is 4.72 Å². The SMILES string of the molecule is COC(=O)/C=C/c1cc(OC)c(OC)c(S(=O)(=O)Nc2cccc(OC)c2)c1. The fourth-order valence-electron chi connectivity index (χ4n) is 2.37. The first kappa shape index (κ1) is 21.1. The van der Waals surface area contributed by atoms with Crippen LogP contribution in [-0.2, 0) is 19.6 Å². The van der Waals surface area contributed by atoms with Crippen molar-refractivity contribution in [2.75, 3.05) is 33.2 Å². The maximum absolute atomic E-state index is 13.0. The van der Waals surface area contributed by atoms with Crippen molar-refractivity contribution in [1.82, 2.24) is 0 Å². The number of benzene rings is 2. The number of hydrogen-bond donors (Lipinski definition) is 1. The molecule has 0 aliphatic carbocycles. The Morgan fingerprint density at radius 1 is 1.00 bits per heavy atom. The molecule has 0 fully saturated rings. The van der Waals surface area contributed by atoms with E-state index in [1.54, 1.807) is 30.3 Å². The van der Waals surface area contributed by atoms with Gasteiger partial charge in [0.1, 0.15) is 10.6 Å². The highest BCUT2D eigenvalue weighted by molar-refractivity contribution is 7.92. The normalized spacial score (nSPS) is 11.1. The molecular formula is C19H21NO7S. The number of carbonyl (C=O) groups excluding carboxylic acids is 1. The number of rotatable bonds is 8. The lowest BCUT2D eigenvalue weighted by Crippen LogP contribution is -2.15. The van der Waals surface area contributed by atoms with Crippen molar-refractivity contribution in [3.63, 3.8) is 0 Å². The van der Waals surface area contributed by atoms with Gasteiger partial charge in [-0.05, 0) is 35.9 Å². The number of sulfonamides is 1. The van der Waals surface area contributed by atoms with Crippen molar-refractivity contribution in [1.29, 1.82) is 0 Å². The van der Waals surface area contributed by atoms with Crippen LogP contribution in [0.3, 0.4) is 0 Å². The molecule has 0 radical (unpaired) electrons. The number of carbonyl (C=O) groups is 1. The molecule has 150 valence electrons. The van der Waals surface area contributed by atoms with Gasteiger partial charge in [-0.1, -0.05) is 6.07 Å². The molecule has 9 heteroatoms. The summed E-state index contributed by atoms with van der Waals surface area (Å²) in [6.07, 6.45) is 2.59. The van der Waals surface area contributed by atoms with Crippen LogP contribution in [-0.4, -0.2) is 42.8 Å². The van der Waals surface area contributed by atoms with Crippen LogP contribution in [0.25, 0.3) is 6.08 Å². The highest BCUT2D eigenvalue weighted by Gasteiger charge is 2.24. The van der Waals surface area contributed by atoms with E-state index < -0.39 is 16.0 Å². The minimum absolute atomic E-state index is 0.0353. The zero-order chi connectivity index (χ0) is 20.7. The van der Waals surface area contributed by atoms with Gasteiger partial charge >= 0.3 is 5.97 Å². The van der Waals surface area contributed by atoms with Gasteiger partial charge < -0.3 is 18.9 Å². The monoisotopic (exact) mass is 407 g/mol. The largest absolute Gasteiger partial charge is 0.497 e. The van der Waals surface area contributed by atoms with E-state index in [1.807, 2.05) is 0 Å². The third-order valence-electron chi connectivity index (χ3n) is 3.69. The average Bonchev–Trinajstić information content (AvgIpc) is 2.70. The van der Waals surface area contributed by atoms with E-state index in [0.29, 0.717) is 17.0 Å². The van der Waals surface area contributed by atoms with Gasteiger partial charge in [-0.2, -0.15) is 0 Å². The van der Waals surface area contributed by atoms with Crippen LogP contribution in [0.5, 0.6) is 17.2 Å². The predicted octanol–water partition coefficient (Wildman–Crippen LogP) is 2.70. The summed E-state index contributed by atoms with van der Waals surface area (Å²) >= 11 is 0. The van der Waals surface area contributed by atoms with Gasteiger partial charge in [0.15, 0.2) is 11.5 Å². The second kappa shape index (κ2) is 9.14. The fraction of sp³-hybridized carbons (Fsp3) is 0.211. The number of hydrogen-bond acceptors (Lipinski definition) is 7. The topological polar surface area (TPSA) is 100 Å². The lowest BCUT2D eigenvalue weighted by Gasteiger charge is -2.16. The quantitative estimate of drug-likeness (QED) is 0.530. The summed E-state index contributed by atoms with van der Waals surface area (Å²) in [4.78, 5) is 11.2. The summed E-state index contributed by atoms with van der Waals surface area (Å²) in [5.41, 5.74) is 0.727. The van der Waals surface area contributed by atoms with Crippen LogP contribution < -0.4 is 18.9 Å². The van der Waals surface area contributed by atoms with Crippen molar-refractivity contribution in [3.8, 4) is 17.2 Å². The number of esters is 1. The Labute approximate surface area is 163 Å². The molecule has 0 saturated carbocycles. The molecule has 28 heavy (non-hydrogen) atoms. The Morgan fingerprint density at radius 2 is 1.75 bits per heavy atom. The summed E-state index contributed by atoms with van der Waals surface area (Å²) in [5, 5.41) is 0. The second-order valence-electron chi connectivity index (χ2n) is 5.45. The Morgan fingerprint density at radius 3 is 2.36 bits per heavy atom. The molecule has 2 aromatic carbocycles. The Kier molecular flexibility index (Phi) is 6.89. The van der Waals surface area contributed by atoms with Crippen LogP contribution in [0, 0.1) is 0 Å². The molecule has 0 spiro atoms. The van der Waals surface area contributed by atoms with Crippen molar-refractivity contribution < 1.29 is 32.2 Å². The lowest BCUT2D eigenvalue weighted by molar-refractivity contribution is -0.134. The van der Waals surface area contributed by atoms with E-state index in [0.717, 1.165) is 0 Å². The van der Waals surface area contributed by atoms with Gasteiger partial charge in [0, 0.05) is 12.1 Å². The molecule has 0 saturated heterocycles. The van der Waals surface area contributed by atoms with Gasteiger partial charge in [0.25, 0.3) is 10.0 Å². The first-order chi connectivity index (χ1) is 13.3. The third-order valence-corrected chi connectivity index (χ3v) is 5.08. The smallest absolute Gasteiger partial charge is 0.330 e. The van der Waals surface area contributed by atoms with Crippen molar-refractivity contribution in [3.05, 3.63) is 48.0 Å². The van der Waals surface area contributed by atoms with Crippen LogP contribution in [0.15, 0.2) is 47.4 Å². The summed E-state index contributed by atoms with van der Waals surface area (Å²) < 4.78 is 48.6. The van der Waals surface area contributed by atoms with Crippen LogP contribution >= 0.6 is 0 Å². The summed E-state index contributed by atoms with van der Waals surface area (Å²) in [5.74, 6) is 0.154. The van der Waals surface area contributed by atoms with E-state index in [-0.39, 0.29) is 16.4 Å². The summed E-state index contributed by atoms with van der Waals surface area (Å²) in [6.45, 7) is 0. The molecule has 8 nitrogen and oxygen atoms in total. The van der Waals surface area contributed by atoms with Gasteiger partial charge in [0.05, 0.1) is 34.1 Å². The van der Waals surface area contributed by atoms with Gasteiger partial charge in [-0.25, -0.2) is 13.2 Å². The average molecular weight is 407 g/mol. The van der Waals surface area contributed by atoms with E-state index in [1.165, 1.54) is 46.7 Å². The van der Waals surface area contributed by atoms with E-state index >= 15 is 0 Å². The minimum Gasteiger partial charge on any atom is -0.497 e. The highest BCUT2D eigenvalue weighted by Crippen LogP contribution is 2.37. The van der Waals surface area contributed by atoms with Crippen molar-refractivity contribution in [2.24, 2.45) is 0 Å². The number of ether oxygens (including phenoxy) is 4. The maximum Gasteiger partial charge on any atom is 0.330 e. The summed E-state index contributed by atoms with van der Waals surface area (Å²) in [6, 6.07) is 9.39. The highest BCUT2D eigenvalue weighted by atomic mass is 32.2. The molecule has 2 rings (SSSR count). The third kappa shape index (κ3) is 4.95. The molecular weight excluding hydrogens is 386 g/mol. The molecule has 0 amide bonds. The van der Waals surface area contributed by atoms with Crippen molar-refractivity contribution >= 4 is 27.8 Å². The van der Waals surface area contributed by atoms with Crippen molar-refractivity contribution in [2.45, 2.75) is 4.90 Å². The predicted molar refractivity (Wildman–Crippen MR) is 104 cm³/mol. The zero-order valence-electron chi connectivity index (χ0n) is 15.9. The molecule has 0 unspecified atom stereocenters. The van der Waals surface area contributed by atoms with E-state index in [2.05, 4.69) is 9.46 Å². The lowest BCUT2D eigenvalue weighted by atomic mass is 10.2. The standard InChI is InChI=1S/C19H21NO7S/c1-24-15-7-5-6-14(12-15)20-28(22,23)17-11-13(8-9-18(21)26-3)10-16(25-2)19(17)27-4/h5-12,20H,1-4H3/b9-8+. The molecule has 0 aliphatic heterocycles. The second-order valence-corrected chi connectivity index (χ2v) is 7.10. The van der Waals surface area contributed by atoms with Gasteiger partial charge in [-0.15, -0.1) is 0 Å². The van der Waals surface area contributed by atoms with E-state index in [4.69, 9.17) is 14.2 Å². The van der Waals surface area contributed by atoms with E-state index in [9.17, 15) is 13.2 Å². The Bertz CT molecular complexity index is 984. The molecule has 0 aromatic heterocycles. The molecule has 0 bridgehead atoms. The minimum atomic E-state index is -4.04.